The minimum atomic E-state index is -0.854. The second-order valence-electron chi connectivity index (χ2n) is 5.62. The molecule has 0 saturated heterocycles. The minimum absolute atomic E-state index is 0.0750. The van der Waals surface area contributed by atoms with E-state index in [-0.39, 0.29) is 29.8 Å². The Labute approximate surface area is 161 Å². The van der Waals surface area contributed by atoms with Crippen molar-refractivity contribution in [3.05, 3.63) is 78.4 Å². The molecule has 13 nitrogen and oxygen atoms in total. The largest absolute Gasteiger partial charge is 0.300 e. The maximum Gasteiger partial charge on any atom is 0.300 e. The normalized spacial score (nSPS) is 10.1. The van der Waals surface area contributed by atoms with Crippen molar-refractivity contribution in [3.63, 3.8) is 0 Å². The van der Waals surface area contributed by atoms with Gasteiger partial charge in [-0.2, -0.15) is 0 Å². The van der Waals surface area contributed by atoms with Crippen molar-refractivity contribution >= 4 is 34.4 Å². The lowest BCUT2D eigenvalue weighted by Crippen LogP contribution is -2.30. The van der Waals surface area contributed by atoms with Gasteiger partial charge in [-0.15, -0.1) is 0 Å². The molecular weight excluding hydrogens is 390 g/mol. The zero-order chi connectivity index (χ0) is 21.6. The summed E-state index contributed by atoms with van der Waals surface area (Å²) in [6.07, 6.45) is -0.549. The summed E-state index contributed by atoms with van der Waals surface area (Å²) in [5.74, 6) is -1.18. The summed E-state index contributed by atoms with van der Waals surface area (Å²) in [6, 6.07) is 7.87. The van der Waals surface area contributed by atoms with Gasteiger partial charge in [-0.1, -0.05) is 12.1 Å². The average molecular weight is 403 g/mol. The highest BCUT2D eigenvalue weighted by Crippen LogP contribution is 2.28. The maximum atomic E-state index is 12.1. The molecule has 2 N–H and O–H groups in total. The number of hydrazine groups is 1. The van der Waals surface area contributed by atoms with Gasteiger partial charge >= 0.3 is 5.69 Å². The highest BCUT2D eigenvalue weighted by molar-refractivity contribution is 5.98. The number of anilines is 1. The van der Waals surface area contributed by atoms with Crippen LogP contribution in [0.1, 0.15) is 23.2 Å². The quantitative estimate of drug-likeness (QED) is 0.360. The molecule has 0 fully saturated rings. The summed E-state index contributed by atoms with van der Waals surface area (Å²) in [6.45, 7) is 0. The number of rotatable bonds is 9. The predicted molar refractivity (Wildman–Crippen MR) is 98.2 cm³/mol. The van der Waals surface area contributed by atoms with Crippen LogP contribution in [0.4, 0.5) is 22.7 Å². The van der Waals surface area contributed by atoms with E-state index in [1.165, 1.54) is 18.2 Å². The van der Waals surface area contributed by atoms with E-state index >= 15 is 0 Å². The first kappa shape index (κ1) is 20.9. The highest BCUT2D eigenvalue weighted by Gasteiger charge is 2.20. The topological polar surface area (TPSA) is 188 Å². The Morgan fingerprint density at radius 3 is 2.10 bits per heavy atom. The Bertz CT molecular complexity index is 1010. The molecule has 0 saturated carbocycles. The van der Waals surface area contributed by atoms with Crippen molar-refractivity contribution in [2.24, 2.45) is 0 Å². The van der Waals surface area contributed by atoms with E-state index in [9.17, 15) is 39.9 Å². The van der Waals surface area contributed by atoms with Crippen molar-refractivity contribution in [1.82, 2.24) is 5.43 Å². The molecular formula is C16H13N5O8. The monoisotopic (exact) mass is 403 g/mol. The molecule has 0 spiro atoms. The number of nitro benzene ring substituents is 3. The van der Waals surface area contributed by atoms with E-state index in [0.717, 1.165) is 24.3 Å². The fourth-order valence-corrected chi connectivity index (χ4v) is 2.25. The van der Waals surface area contributed by atoms with Gasteiger partial charge in [0, 0.05) is 36.6 Å². The molecule has 0 aliphatic rings. The van der Waals surface area contributed by atoms with Crippen molar-refractivity contribution in [2.75, 3.05) is 5.43 Å². The van der Waals surface area contributed by atoms with Crippen molar-refractivity contribution in [2.45, 2.75) is 12.8 Å². The molecule has 0 aromatic heterocycles. The van der Waals surface area contributed by atoms with Crippen molar-refractivity contribution in [3.8, 4) is 0 Å². The number of carbonyl (C=O) groups excluding carboxylic acids is 2. The number of Topliss-reactive ketones (excluding diaryl/α,β-unsaturated/α-hetero) is 1. The van der Waals surface area contributed by atoms with E-state index < -0.39 is 37.8 Å². The van der Waals surface area contributed by atoms with Crippen LogP contribution in [-0.2, 0) is 4.79 Å². The minimum Gasteiger partial charge on any atom is -0.294 e. The molecule has 0 unspecified atom stereocenters. The zero-order valence-electron chi connectivity index (χ0n) is 14.6. The lowest BCUT2D eigenvalue weighted by Gasteiger charge is -2.08. The maximum absolute atomic E-state index is 12.1. The van der Waals surface area contributed by atoms with Crippen LogP contribution in [0, 0.1) is 30.3 Å². The van der Waals surface area contributed by atoms with Gasteiger partial charge in [-0.05, 0) is 6.07 Å². The molecule has 0 atom stereocenters. The van der Waals surface area contributed by atoms with Crippen molar-refractivity contribution in [1.29, 1.82) is 0 Å². The van der Waals surface area contributed by atoms with Gasteiger partial charge in [-0.3, -0.25) is 50.8 Å². The summed E-state index contributed by atoms with van der Waals surface area (Å²) in [4.78, 5) is 54.1. The van der Waals surface area contributed by atoms with Gasteiger partial charge in [0.1, 0.15) is 5.69 Å². The van der Waals surface area contributed by atoms with Crippen LogP contribution in [0.15, 0.2) is 42.5 Å². The average Bonchev–Trinajstić information content (AvgIpc) is 2.70. The number of hydrogen-bond donors (Lipinski definition) is 2. The standard InChI is InChI=1S/C16H13N5O8/c22-15(10-2-1-3-11(8-10)19(24)25)6-7-16(23)18-17-13-5-4-12(20(26)27)9-14(13)21(28)29/h1-5,8-9,17H,6-7H2,(H,18,23). The number of non-ortho nitro benzene ring substituents is 2. The van der Waals surface area contributed by atoms with Crippen LogP contribution < -0.4 is 10.9 Å². The predicted octanol–water partition coefficient (Wildman–Crippen LogP) is 2.52. The number of nitro groups is 3. The smallest absolute Gasteiger partial charge is 0.294 e. The number of amides is 1. The summed E-state index contributed by atoms with van der Waals surface area (Å²) >= 11 is 0. The molecule has 0 aliphatic heterocycles. The van der Waals surface area contributed by atoms with E-state index in [4.69, 9.17) is 0 Å². The van der Waals surface area contributed by atoms with Crippen LogP contribution in [-0.4, -0.2) is 26.5 Å². The number of carbonyl (C=O) groups is 2. The second-order valence-corrected chi connectivity index (χ2v) is 5.62. The van der Waals surface area contributed by atoms with E-state index in [0.29, 0.717) is 0 Å². The summed E-state index contributed by atoms with van der Waals surface area (Å²) < 4.78 is 0. The first-order valence-electron chi connectivity index (χ1n) is 7.94. The SMILES string of the molecule is O=C(CCC(=O)c1cccc([N+](=O)[O-])c1)NNc1ccc([N+](=O)[O-])cc1[N+](=O)[O-]. The van der Waals surface area contributed by atoms with E-state index in [1.807, 2.05) is 0 Å². The lowest BCUT2D eigenvalue weighted by molar-refractivity contribution is -0.393. The number of hydrogen-bond acceptors (Lipinski definition) is 9. The zero-order valence-corrected chi connectivity index (χ0v) is 14.6. The molecule has 0 radical (unpaired) electrons. The lowest BCUT2D eigenvalue weighted by atomic mass is 10.1. The van der Waals surface area contributed by atoms with Crippen LogP contribution in [0.2, 0.25) is 0 Å². The molecule has 0 heterocycles. The van der Waals surface area contributed by atoms with Gasteiger partial charge in [0.25, 0.3) is 11.4 Å². The molecule has 150 valence electrons. The van der Waals surface area contributed by atoms with Crippen LogP contribution >= 0.6 is 0 Å². The van der Waals surface area contributed by atoms with Crippen LogP contribution in [0.25, 0.3) is 0 Å². The molecule has 0 aliphatic carbocycles. The number of nitrogens with zero attached hydrogens (tertiary/aromatic N) is 3. The Kier molecular flexibility index (Phi) is 6.47. The molecule has 13 heteroatoms. The second kappa shape index (κ2) is 8.98. The Morgan fingerprint density at radius 1 is 0.828 bits per heavy atom. The summed E-state index contributed by atoms with van der Waals surface area (Å²) in [5, 5.41) is 32.5. The molecule has 2 aromatic carbocycles. The van der Waals surface area contributed by atoms with Gasteiger partial charge in [-0.25, -0.2) is 0 Å². The number of benzene rings is 2. The first-order valence-corrected chi connectivity index (χ1v) is 7.94. The fourth-order valence-electron chi connectivity index (χ4n) is 2.25. The Balaban J connectivity index is 1.96. The van der Waals surface area contributed by atoms with E-state index in [2.05, 4.69) is 10.9 Å². The summed E-state index contributed by atoms with van der Waals surface area (Å²) in [5.41, 5.74) is 2.97. The van der Waals surface area contributed by atoms with Crippen molar-refractivity contribution < 1.29 is 24.4 Å². The van der Waals surface area contributed by atoms with Gasteiger partial charge in [0.15, 0.2) is 5.78 Å². The van der Waals surface area contributed by atoms with Gasteiger partial charge in [0.2, 0.25) is 5.91 Å². The molecule has 2 rings (SSSR count). The Hall–Kier alpha value is -4.42. The molecule has 2 aromatic rings. The number of nitrogens with one attached hydrogen (secondary N) is 2. The van der Waals surface area contributed by atoms with Gasteiger partial charge in [0.05, 0.1) is 20.8 Å². The number of ketones is 1. The van der Waals surface area contributed by atoms with Crippen LogP contribution in [0.5, 0.6) is 0 Å². The summed E-state index contributed by atoms with van der Waals surface area (Å²) in [7, 11) is 0. The fraction of sp³-hybridized carbons (Fsp3) is 0.125. The third-order valence-corrected chi connectivity index (χ3v) is 3.68. The molecule has 1 amide bonds. The van der Waals surface area contributed by atoms with Crippen LogP contribution in [0.3, 0.4) is 0 Å². The first-order chi connectivity index (χ1) is 13.7. The molecule has 29 heavy (non-hydrogen) atoms. The third kappa shape index (κ3) is 5.53. The highest BCUT2D eigenvalue weighted by atomic mass is 16.6. The van der Waals surface area contributed by atoms with E-state index in [1.54, 1.807) is 0 Å². The molecule has 0 bridgehead atoms. The van der Waals surface area contributed by atoms with Gasteiger partial charge < -0.3 is 0 Å². The third-order valence-electron chi connectivity index (χ3n) is 3.68. The Morgan fingerprint density at radius 2 is 1.48 bits per heavy atom.